The van der Waals surface area contributed by atoms with E-state index in [-0.39, 0.29) is 10.8 Å². The van der Waals surface area contributed by atoms with Gasteiger partial charge in [0.25, 0.3) is 15.9 Å². The number of benzene rings is 3. The summed E-state index contributed by atoms with van der Waals surface area (Å²) < 4.78 is 38.2. The van der Waals surface area contributed by atoms with Crippen molar-refractivity contribution in [2.45, 2.75) is 18.4 Å². The van der Waals surface area contributed by atoms with E-state index < -0.39 is 10.0 Å². The zero-order valence-electron chi connectivity index (χ0n) is 17.5. The third-order valence-electron chi connectivity index (χ3n) is 4.60. The fourth-order valence-corrected chi connectivity index (χ4v) is 4.07. The number of carbonyl (C=O) groups is 1. The summed E-state index contributed by atoms with van der Waals surface area (Å²) in [6.45, 7) is 2.40. The van der Waals surface area contributed by atoms with Crippen LogP contribution in [0.2, 0.25) is 0 Å². The van der Waals surface area contributed by atoms with Crippen LogP contribution in [0.1, 0.15) is 21.5 Å². The SMILES string of the molecule is COc1ccc(S(=O)(=O)Nc2ccc(C(=O)NCc3cccc(C)c3)cc2)cc1OC. The van der Waals surface area contributed by atoms with Crippen molar-refractivity contribution >= 4 is 21.6 Å². The molecule has 0 heterocycles. The summed E-state index contributed by atoms with van der Waals surface area (Å²) in [6, 6.07) is 18.4. The molecule has 0 fully saturated rings. The zero-order chi connectivity index (χ0) is 22.4. The van der Waals surface area contributed by atoms with Gasteiger partial charge >= 0.3 is 0 Å². The topological polar surface area (TPSA) is 93.7 Å². The first-order valence-electron chi connectivity index (χ1n) is 9.51. The van der Waals surface area contributed by atoms with E-state index in [0.29, 0.717) is 29.3 Å². The van der Waals surface area contributed by atoms with E-state index in [1.807, 2.05) is 31.2 Å². The number of aryl methyl sites for hydroxylation is 1. The predicted octanol–water partition coefficient (Wildman–Crippen LogP) is 3.74. The molecule has 0 spiro atoms. The van der Waals surface area contributed by atoms with Crippen LogP contribution in [0.3, 0.4) is 0 Å². The van der Waals surface area contributed by atoms with Crippen LogP contribution in [0.5, 0.6) is 11.5 Å². The van der Waals surface area contributed by atoms with Gasteiger partial charge in [-0.2, -0.15) is 0 Å². The van der Waals surface area contributed by atoms with Crippen LogP contribution in [-0.2, 0) is 16.6 Å². The number of anilines is 1. The molecule has 162 valence electrons. The monoisotopic (exact) mass is 440 g/mol. The summed E-state index contributed by atoms with van der Waals surface area (Å²) in [4.78, 5) is 12.4. The lowest BCUT2D eigenvalue weighted by Crippen LogP contribution is -2.22. The lowest BCUT2D eigenvalue weighted by molar-refractivity contribution is 0.0951. The molecule has 0 aromatic heterocycles. The second-order valence-electron chi connectivity index (χ2n) is 6.87. The van der Waals surface area contributed by atoms with Gasteiger partial charge in [-0.1, -0.05) is 29.8 Å². The van der Waals surface area contributed by atoms with E-state index in [2.05, 4.69) is 10.0 Å². The molecule has 0 aliphatic heterocycles. The molecule has 0 unspecified atom stereocenters. The standard InChI is InChI=1S/C23H24N2O5S/c1-16-5-4-6-17(13-16)15-24-23(26)18-7-9-19(10-8-18)25-31(27,28)20-11-12-21(29-2)22(14-20)30-3/h4-14,25H,15H2,1-3H3,(H,24,26). The highest BCUT2D eigenvalue weighted by molar-refractivity contribution is 7.92. The number of amides is 1. The normalized spacial score (nSPS) is 10.9. The Hall–Kier alpha value is -3.52. The molecular weight excluding hydrogens is 416 g/mol. The molecule has 1 amide bonds. The van der Waals surface area contributed by atoms with Crippen LogP contribution in [0.4, 0.5) is 5.69 Å². The molecule has 0 atom stereocenters. The largest absolute Gasteiger partial charge is 0.493 e. The Morgan fingerprint density at radius 3 is 2.26 bits per heavy atom. The van der Waals surface area contributed by atoms with Gasteiger partial charge in [-0.3, -0.25) is 9.52 Å². The molecule has 0 aliphatic carbocycles. The lowest BCUT2D eigenvalue weighted by atomic mass is 10.1. The van der Waals surface area contributed by atoms with Gasteiger partial charge in [0, 0.05) is 23.9 Å². The van der Waals surface area contributed by atoms with E-state index in [0.717, 1.165) is 11.1 Å². The van der Waals surface area contributed by atoms with Crippen molar-refractivity contribution in [1.82, 2.24) is 5.32 Å². The number of ether oxygens (including phenoxy) is 2. The summed E-state index contributed by atoms with van der Waals surface area (Å²) in [5, 5.41) is 2.86. The Labute approximate surface area is 182 Å². The molecule has 3 rings (SSSR count). The summed E-state index contributed by atoms with van der Waals surface area (Å²) in [5.74, 6) is 0.504. The third kappa shape index (κ3) is 5.55. The quantitative estimate of drug-likeness (QED) is 0.557. The van der Waals surface area contributed by atoms with Crippen LogP contribution in [0.25, 0.3) is 0 Å². The second-order valence-corrected chi connectivity index (χ2v) is 8.55. The van der Waals surface area contributed by atoms with Crippen LogP contribution < -0.4 is 19.5 Å². The van der Waals surface area contributed by atoms with Crippen molar-refractivity contribution in [3.8, 4) is 11.5 Å². The van der Waals surface area contributed by atoms with Gasteiger partial charge in [-0.15, -0.1) is 0 Å². The maximum atomic E-state index is 12.7. The lowest BCUT2D eigenvalue weighted by Gasteiger charge is -2.12. The number of hydrogen-bond donors (Lipinski definition) is 2. The molecule has 2 N–H and O–H groups in total. The Morgan fingerprint density at radius 1 is 0.903 bits per heavy atom. The summed E-state index contributed by atoms with van der Waals surface area (Å²) >= 11 is 0. The fourth-order valence-electron chi connectivity index (χ4n) is 2.99. The second kappa shape index (κ2) is 9.53. The van der Waals surface area contributed by atoms with E-state index in [4.69, 9.17) is 9.47 Å². The van der Waals surface area contributed by atoms with Crippen molar-refractivity contribution in [3.63, 3.8) is 0 Å². The number of methoxy groups -OCH3 is 2. The Bertz CT molecular complexity index is 1170. The zero-order valence-corrected chi connectivity index (χ0v) is 18.3. The molecule has 7 nitrogen and oxygen atoms in total. The average Bonchev–Trinajstić information content (AvgIpc) is 2.77. The highest BCUT2D eigenvalue weighted by Gasteiger charge is 2.17. The van der Waals surface area contributed by atoms with E-state index in [1.54, 1.807) is 24.3 Å². The van der Waals surface area contributed by atoms with E-state index >= 15 is 0 Å². The maximum Gasteiger partial charge on any atom is 0.262 e. The van der Waals surface area contributed by atoms with Gasteiger partial charge in [-0.05, 0) is 48.9 Å². The molecular formula is C23H24N2O5S. The highest BCUT2D eigenvalue weighted by atomic mass is 32.2. The van der Waals surface area contributed by atoms with Crippen molar-refractivity contribution in [2.24, 2.45) is 0 Å². The maximum absolute atomic E-state index is 12.7. The number of nitrogens with one attached hydrogen (secondary N) is 2. The first kappa shape index (κ1) is 22.2. The van der Waals surface area contributed by atoms with Gasteiger partial charge in [-0.25, -0.2) is 8.42 Å². The molecule has 0 radical (unpaired) electrons. The number of carbonyl (C=O) groups excluding carboxylic acids is 1. The number of rotatable bonds is 8. The molecule has 0 aliphatic rings. The summed E-state index contributed by atoms with van der Waals surface area (Å²) in [5.41, 5.74) is 2.90. The van der Waals surface area contributed by atoms with Crippen molar-refractivity contribution in [1.29, 1.82) is 0 Å². The Balaban J connectivity index is 1.67. The van der Waals surface area contributed by atoms with Gasteiger partial charge in [0.1, 0.15) is 0 Å². The molecule has 0 saturated heterocycles. The van der Waals surface area contributed by atoms with E-state index in [9.17, 15) is 13.2 Å². The highest BCUT2D eigenvalue weighted by Crippen LogP contribution is 2.30. The van der Waals surface area contributed by atoms with Crippen LogP contribution in [0.15, 0.2) is 71.6 Å². The van der Waals surface area contributed by atoms with Crippen LogP contribution in [0, 0.1) is 6.92 Å². The van der Waals surface area contributed by atoms with Crippen LogP contribution >= 0.6 is 0 Å². The molecule has 0 saturated carbocycles. The minimum absolute atomic E-state index is 0.0325. The first-order chi connectivity index (χ1) is 14.8. The first-order valence-corrected chi connectivity index (χ1v) is 11.0. The molecule has 8 heteroatoms. The number of sulfonamides is 1. The van der Waals surface area contributed by atoms with Crippen molar-refractivity contribution in [2.75, 3.05) is 18.9 Å². The van der Waals surface area contributed by atoms with Crippen molar-refractivity contribution in [3.05, 3.63) is 83.4 Å². The number of hydrogen-bond acceptors (Lipinski definition) is 5. The summed E-state index contributed by atoms with van der Waals surface area (Å²) in [6.07, 6.45) is 0. The Morgan fingerprint density at radius 2 is 1.61 bits per heavy atom. The Kier molecular flexibility index (Phi) is 6.81. The molecule has 31 heavy (non-hydrogen) atoms. The predicted molar refractivity (Wildman–Crippen MR) is 119 cm³/mol. The van der Waals surface area contributed by atoms with Gasteiger partial charge in [0.05, 0.1) is 19.1 Å². The smallest absolute Gasteiger partial charge is 0.262 e. The van der Waals surface area contributed by atoms with E-state index in [1.165, 1.54) is 32.4 Å². The van der Waals surface area contributed by atoms with Crippen LogP contribution in [-0.4, -0.2) is 28.5 Å². The molecule has 3 aromatic carbocycles. The third-order valence-corrected chi connectivity index (χ3v) is 5.98. The van der Waals surface area contributed by atoms with Gasteiger partial charge in [0.15, 0.2) is 11.5 Å². The minimum atomic E-state index is -3.84. The van der Waals surface area contributed by atoms with Gasteiger partial charge in [0.2, 0.25) is 0 Å². The minimum Gasteiger partial charge on any atom is -0.493 e. The molecule has 0 bridgehead atoms. The average molecular weight is 441 g/mol. The fraction of sp³-hybridized carbons (Fsp3) is 0.174. The van der Waals surface area contributed by atoms with Gasteiger partial charge < -0.3 is 14.8 Å². The molecule has 3 aromatic rings. The summed E-state index contributed by atoms with van der Waals surface area (Å²) in [7, 11) is -0.930. The van der Waals surface area contributed by atoms with Crippen molar-refractivity contribution < 1.29 is 22.7 Å².